The molecule has 0 aliphatic carbocycles. The first-order chi connectivity index (χ1) is 7.81. The number of nitrogens with zero attached hydrogens (tertiary/aromatic N) is 2. The molecule has 2 heterocycles. The smallest absolute Gasteiger partial charge is 0.236 e. The number of rotatable bonds is 2. The fourth-order valence-corrected chi connectivity index (χ4v) is 2.75. The van der Waals surface area contributed by atoms with Crippen LogP contribution in [0.1, 0.15) is 26.2 Å². The van der Waals surface area contributed by atoms with Gasteiger partial charge < -0.3 is 15.1 Å². The summed E-state index contributed by atoms with van der Waals surface area (Å²) in [5.74, 6) is 0.292. The quantitative estimate of drug-likeness (QED) is 0.734. The van der Waals surface area contributed by atoms with Crippen LogP contribution in [-0.2, 0) is 4.79 Å². The molecule has 2 aliphatic heterocycles. The van der Waals surface area contributed by atoms with Crippen LogP contribution >= 0.6 is 0 Å². The van der Waals surface area contributed by atoms with E-state index in [-0.39, 0.29) is 0 Å². The van der Waals surface area contributed by atoms with Gasteiger partial charge in [-0.1, -0.05) is 6.92 Å². The second-order valence-corrected chi connectivity index (χ2v) is 4.81. The van der Waals surface area contributed by atoms with Gasteiger partial charge in [-0.25, -0.2) is 0 Å². The molecule has 2 fully saturated rings. The summed E-state index contributed by atoms with van der Waals surface area (Å²) in [6.45, 7) is 8.03. The van der Waals surface area contributed by atoms with Crippen LogP contribution in [0.2, 0.25) is 0 Å². The molecule has 0 bridgehead atoms. The maximum atomic E-state index is 12.0. The van der Waals surface area contributed by atoms with Gasteiger partial charge in [-0.2, -0.15) is 0 Å². The Morgan fingerprint density at radius 3 is 3.06 bits per heavy atom. The largest absolute Gasteiger partial charge is 0.337 e. The highest BCUT2D eigenvalue weighted by atomic mass is 16.2. The van der Waals surface area contributed by atoms with Gasteiger partial charge in [0.1, 0.15) is 0 Å². The predicted octanol–water partition coefficient (Wildman–Crippen LogP) is 0.293. The van der Waals surface area contributed by atoms with Crippen molar-refractivity contribution in [2.24, 2.45) is 0 Å². The molecule has 2 aliphatic rings. The van der Waals surface area contributed by atoms with Crippen molar-refractivity contribution in [1.82, 2.24) is 15.1 Å². The van der Waals surface area contributed by atoms with Gasteiger partial charge in [0.25, 0.3) is 0 Å². The molecule has 0 aromatic rings. The van der Waals surface area contributed by atoms with Crippen LogP contribution in [0.4, 0.5) is 0 Å². The fraction of sp³-hybridized carbons (Fsp3) is 0.917. The molecular formula is C12H23N3O. The van der Waals surface area contributed by atoms with Gasteiger partial charge >= 0.3 is 0 Å². The van der Waals surface area contributed by atoms with Crippen molar-refractivity contribution in [3.05, 3.63) is 0 Å². The molecule has 16 heavy (non-hydrogen) atoms. The lowest BCUT2D eigenvalue weighted by Gasteiger charge is -2.38. The normalized spacial score (nSPS) is 29.2. The summed E-state index contributed by atoms with van der Waals surface area (Å²) < 4.78 is 0. The Labute approximate surface area is 98.0 Å². The zero-order chi connectivity index (χ0) is 11.4. The minimum Gasteiger partial charge on any atom is -0.337 e. The van der Waals surface area contributed by atoms with E-state index in [2.05, 4.69) is 22.0 Å². The Morgan fingerprint density at radius 1 is 1.38 bits per heavy atom. The summed E-state index contributed by atoms with van der Waals surface area (Å²) in [6, 6.07) is 0.459. The lowest BCUT2D eigenvalue weighted by atomic mass is 10.0. The molecule has 0 radical (unpaired) electrons. The highest BCUT2D eigenvalue weighted by molar-refractivity contribution is 5.78. The number of hydrogen-bond donors (Lipinski definition) is 1. The molecule has 2 rings (SSSR count). The summed E-state index contributed by atoms with van der Waals surface area (Å²) in [5, 5.41) is 3.19. The molecule has 1 unspecified atom stereocenters. The summed E-state index contributed by atoms with van der Waals surface area (Å²) in [5.41, 5.74) is 0. The average molecular weight is 225 g/mol. The molecule has 0 saturated carbocycles. The highest BCUT2D eigenvalue weighted by Gasteiger charge is 2.28. The molecule has 0 aromatic heterocycles. The van der Waals surface area contributed by atoms with Crippen LogP contribution < -0.4 is 5.32 Å². The summed E-state index contributed by atoms with van der Waals surface area (Å²) in [4.78, 5) is 16.5. The summed E-state index contributed by atoms with van der Waals surface area (Å²) in [7, 11) is 0. The van der Waals surface area contributed by atoms with Gasteiger partial charge in [-0.05, 0) is 38.9 Å². The molecule has 1 atom stereocenters. The number of carbonyl (C=O) groups excluding carboxylic acids is 1. The van der Waals surface area contributed by atoms with Crippen LogP contribution in [0.3, 0.4) is 0 Å². The van der Waals surface area contributed by atoms with E-state index in [1.807, 2.05) is 0 Å². The van der Waals surface area contributed by atoms with Gasteiger partial charge in [0.05, 0.1) is 6.54 Å². The van der Waals surface area contributed by atoms with Gasteiger partial charge in [0.2, 0.25) is 5.91 Å². The van der Waals surface area contributed by atoms with Crippen molar-refractivity contribution in [2.75, 3.05) is 39.3 Å². The third-order valence-corrected chi connectivity index (χ3v) is 3.72. The van der Waals surface area contributed by atoms with Crippen molar-refractivity contribution in [3.8, 4) is 0 Å². The maximum absolute atomic E-state index is 12.0. The van der Waals surface area contributed by atoms with Crippen molar-refractivity contribution in [3.63, 3.8) is 0 Å². The van der Waals surface area contributed by atoms with Crippen LogP contribution in [0, 0.1) is 0 Å². The van der Waals surface area contributed by atoms with E-state index >= 15 is 0 Å². The van der Waals surface area contributed by atoms with Crippen molar-refractivity contribution < 1.29 is 4.79 Å². The number of hydrogen-bond acceptors (Lipinski definition) is 3. The van der Waals surface area contributed by atoms with E-state index in [4.69, 9.17) is 0 Å². The average Bonchev–Trinajstić information content (AvgIpc) is 2.54. The Kier molecular flexibility index (Phi) is 4.18. The highest BCUT2D eigenvalue weighted by Crippen LogP contribution is 2.16. The monoisotopic (exact) mass is 225 g/mol. The predicted molar refractivity (Wildman–Crippen MR) is 64.3 cm³/mol. The van der Waals surface area contributed by atoms with Crippen molar-refractivity contribution in [2.45, 2.75) is 32.2 Å². The fourth-order valence-electron chi connectivity index (χ4n) is 2.75. The topological polar surface area (TPSA) is 35.6 Å². The standard InChI is InChI=1S/C12H23N3O/c1-2-14-7-3-5-11(10-14)15-8-4-6-13-9-12(15)16/h11,13H,2-10H2,1H3. The second kappa shape index (κ2) is 5.64. The van der Waals surface area contributed by atoms with E-state index in [1.165, 1.54) is 19.4 Å². The molecule has 4 nitrogen and oxygen atoms in total. The van der Waals surface area contributed by atoms with Crippen LogP contribution in [0.5, 0.6) is 0 Å². The zero-order valence-corrected chi connectivity index (χ0v) is 10.2. The number of likely N-dealkylation sites (tertiary alicyclic amines) is 1. The SMILES string of the molecule is CCN1CCCC(N2CCCNCC2=O)C1. The first-order valence-electron chi connectivity index (χ1n) is 6.54. The van der Waals surface area contributed by atoms with E-state index in [0.29, 0.717) is 18.5 Å². The second-order valence-electron chi connectivity index (χ2n) is 4.81. The number of piperidine rings is 1. The minimum atomic E-state index is 0.292. The number of likely N-dealkylation sites (N-methyl/N-ethyl adjacent to an activating group) is 1. The van der Waals surface area contributed by atoms with E-state index in [9.17, 15) is 4.79 Å². The summed E-state index contributed by atoms with van der Waals surface area (Å²) in [6.07, 6.45) is 3.51. The van der Waals surface area contributed by atoms with E-state index < -0.39 is 0 Å². The lowest BCUT2D eigenvalue weighted by Crippen LogP contribution is -2.51. The van der Waals surface area contributed by atoms with Gasteiger partial charge in [-0.15, -0.1) is 0 Å². The Balaban J connectivity index is 1.95. The first-order valence-corrected chi connectivity index (χ1v) is 6.54. The Hall–Kier alpha value is -0.610. The lowest BCUT2D eigenvalue weighted by molar-refractivity contribution is -0.133. The zero-order valence-electron chi connectivity index (χ0n) is 10.2. The van der Waals surface area contributed by atoms with Gasteiger partial charge in [0, 0.05) is 19.1 Å². The van der Waals surface area contributed by atoms with Crippen LogP contribution in [0.25, 0.3) is 0 Å². The molecule has 0 aromatic carbocycles. The van der Waals surface area contributed by atoms with Crippen molar-refractivity contribution in [1.29, 1.82) is 0 Å². The van der Waals surface area contributed by atoms with Crippen LogP contribution in [0.15, 0.2) is 0 Å². The van der Waals surface area contributed by atoms with E-state index in [1.54, 1.807) is 0 Å². The molecule has 0 spiro atoms. The molecule has 1 amide bonds. The third kappa shape index (κ3) is 2.74. The van der Waals surface area contributed by atoms with Gasteiger partial charge in [-0.3, -0.25) is 4.79 Å². The molecule has 1 N–H and O–H groups in total. The van der Waals surface area contributed by atoms with Gasteiger partial charge in [0.15, 0.2) is 0 Å². The molecular weight excluding hydrogens is 202 g/mol. The molecule has 92 valence electrons. The Bertz CT molecular complexity index is 244. The number of carbonyl (C=O) groups is 1. The number of nitrogens with one attached hydrogen (secondary N) is 1. The van der Waals surface area contributed by atoms with Crippen LogP contribution in [-0.4, -0.2) is 61.0 Å². The first kappa shape index (κ1) is 11.9. The maximum Gasteiger partial charge on any atom is 0.236 e. The number of amides is 1. The molecule has 2 saturated heterocycles. The molecule has 4 heteroatoms. The summed E-state index contributed by atoms with van der Waals surface area (Å²) >= 11 is 0. The van der Waals surface area contributed by atoms with E-state index in [0.717, 1.165) is 32.6 Å². The third-order valence-electron chi connectivity index (χ3n) is 3.72. The minimum absolute atomic E-state index is 0.292. The Morgan fingerprint density at radius 2 is 2.25 bits per heavy atom. The van der Waals surface area contributed by atoms with Crippen molar-refractivity contribution >= 4 is 5.91 Å².